The Hall–Kier alpha value is -0.550. The lowest BCUT2D eigenvalue weighted by atomic mass is 9.94. The van der Waals surface area contributed by atoms with Gasteiger partial charge < -0.3 is 10.4 Å². The highest BCUT2D eigenvalue weighted by Crippen LogP contribution is 2.47. The number of thioether (sulfide) groups is 1. The van der Waals surface area contributed by atoms with Gasteiger partial charge in [0.25, 0.3) is 0 Å². The van der Waals surface area contributed by atoms with Gasteiger partial charge in [0.15, 0.2) is 5.17 Å². The molecule has 2 bridgehead atoms. The van der Waals surface area contributed by atoms with Gasteiger partial charge in [0.05, 0.1) is 12.1 Å². The van der Waals surface area contributed by atoms with Gasteiger partial charge >= 0.3 is 0 Å². The van der Waals surface area contributed by atoms with E-state index in [0.717, 1.165) is 24.4 Å². The summed E-state index contributed by atoms with van der Waals surface area (Å²) >= 11 is 1.57. The molecule has 1 saturated heterocycles. The first kappa shape index (κ1) is 13.4. The summed E-state index contributed by atoms with van der Waals surface area (Å²) in [5, 5.41) is 13.5. The number of aliphatic hydroxyl groups is 1. The fourth-order valence-corrected chi connectivity index (χ4v) is 4.57. The quantitative estimate of drug-likeness (QED) is 0.811. The summed E-state index contributed by atoms with van der Waals surface area (Å²) < 4.78 is -0.393. The molecule has 106 valence electrons. The van der Waals surface area contributed by atoms with Crippen LogP contribution in [0.15, 0.2) is 4.99 Å². The number of amides is 1. The predicted octanol–water partition coefficient (Wildman–Crippen LogP) is 1.78. The minimum absolute atomic E-state index is 0.0782. The zero-order valence-corrected chi connectivity index (χ0v) is 12.5. The van der Waals surface area contributed by atoms with Crippen molar-refractivity contribution < 1.29 is 9.90 Å². The molecule has 5 heteroatoms. The summed E-state index contributed by atoms with van der Waals surface area (Å²) in [4.78, 5) is 16.8. The van der Waals surface area contributed by atoms with Crippen molar-refractivity contribution in [2.24, 2.45) is 22.7 Å². The standard InChI is InChI=1S/C14H22N2O2S/c1-7(2)14(3)12(18)16-13(19-14)15-10-5-9-4-8(10)6-11(9)17/h7-11,17H,4-6H2,1-3H3,(H,15,16,18)/t8-,9-,10-,11?,14-/m0/s1. The first-order valence-electron chi connectivity index (χ1n) is 7.16. The molecule has 19 heavy (non-hydrogen) atoms. The summed E-state index contributed by atoms with van der Waals surface area (Å²) in [5.74, 6) is 1.30. The van der Waals surface area contributed by atoms with Crippen LogP contribution in [0.3, 0.4) is 0 Å². The summed E-state index contributed by atoms with van der Waals surface area (Å²) in [7, 11) is 0. The van der Waals surface area contributed by atoms with E-state index in [1.54, 1.807) is 11.8 Å². The Morgan fingerprint density at radius 3 is 2.58 bits per heavy atom. The molecule has 1 heterocycles. The van der Waals surface area contributed by atoms with Crippen molar-refractivity contribution >= 4 is 22.8 Å². The Kier molecular flexibility index (Phi) is 3.17. The zero-order valence-electron chi connectivity index (χ0n) is 11.7. The fourth-order valence-electron chi connectivity index (χ4n) is 3.46. The monoisotopic (exact) mass is 282 g/mol. The molecule has 2 aliphatic carbocycles. The molecule has 4 nitrogen and oxygen atoms in total. The summed E-state index contributed by atoms with van der Waals surface area (Å²) in [6.45, 7) is 6.14. The largest absolute Gasteiger partial charge is 0.393 e. The van der Waals surface area contributed by atoms with Gasteiger partial charge in [0.2, 0.25) is 5.91 Å². The van der Waals surface area contributed by atoms with Gasteiger partial charge in [-0.15, -0.1) is 0 Å². The van der Waals surface area contributed by atoms with Crippen LogP contribution in [0.25, 0.3) is 0 Å². The molecular formula is C14H22N2O2S. The first-order valence-corrected chi connectivity index (χ1v) is 7.98. The van der Waals surface area contributed by atoms with Gasteiger partial charge in [-0.05, 0) is 43.9 Å². The Morgan fingerprint density at radius 2 is 2.11 bits per heavy atom. The highest BCUT2D eigenvalue weighted by molar-refractivity contribution is 8.16. The molecule has 0 aromatic carbocycles. The topological polar surface area (TPSA) is 61.7 Å². The lowest BCUT2D eigenvalue weighted by Crippen LogP contribution is -2.38. The molecule has 1 unspecified atom stereocenters. The average Bonchev–Trinajstić information content (AvgIpc) is 2.94. The van der Waals surface area contributed by atoms with Gasteiger partial charge in [-0.25, -0.2) is 0 Å². The van der Waals surface area contributed by atoms with Crippen LogP contribution in [0.1, 0.15) is 40.0 Å². The van der Waals surface area contributed by atoms with Crippen LogP contribution >= 0.6 is 11.8 Å². The molecule has 0 aromatic rings. The van der Waals surface area contributed by atoms with Crippen molar-refractivity contribution in [2.45, 2.75) is 56.9 Å². The molecule has 3 rings (SSSR count). The van der Waals surface area contributed by atoms with Crippen LogP contribution in [-0.4, -0.2) is 33.1 Å². The van der Waals surface area contributed by atoms with Crippen molar-refractivity contribution in [3.05, 3.63) is 0 Å². The number of rotatable bonds is 2. The maximum absolute atomic E-state index is 12.1. The van der Waals surface area contributed by atoms with Crippen LogP contribution in [0.5, 0.6) is 0 Å². The highest BCUT2D eigenvalue weighted by atomic mass is 32.2. The third kappa shape index (κ3) is 2.11. The first-order chi connectivity index (χ1) is 8.90. The molecule has 1 aliphatic heterocycles. The van der Waals surface area contributed by atoms with E-state index >= 15 is 0 Å². The lowest BCUT2D eigenvalue weighted by Gasteiger charge is -2.23. The summed E-state index contributed by atoms with van der Waals surface area (Å²) in [5.41, 5.74) is 0. The average molecular weight is 282 g/mol. The number of fused-ring (bicyclic) bond motifs is 2. The maximum atomic E-state index is 12.1. The van der Waals surface area contributed by atoms with Gasteiger partial charge in [0.1, 0.15) is 4.75 Å². The van der Waals surface area contributed by atoms with E-state index in [4.69, 9.17) is 4.99 Å². The predicted molar refractivity (Wildman–Crippen MR) is 77.0 cm³/mol. The van der Waals surface area contributed by atoms with E-state index in [-0.39, 0.29) is 17.9 Å². The Balaban J connectivity index is 1.72. The van der Waals surface area contributed by atoms with Crippen molar-refractivity contribution in [2.75, 3.05) is 0 Å². The Labute approximate surface area is 118 Å². The van der Waals surface area contributed by atoms with E-state index < -0.39 is 4.75 Å². The fraction of sp³-hybridized carbons (Fsp3) is 0.857. The molecule has 2 saturated carbocycles. The SMILES string of the molecule is CC(C)[C@]1(C)SC(=N[C@H]2C[C@@H]3C[C@H]2CC3O)NC1=O. The number of nitrogens with zero attached hydrogens (tertiary/aromatic N) is 1. The lowest BCUT2D eigenvalue weighted by molar-refractivity contribution is -0.122. The molecule has 1 amide bonds. The highest BCUT2D eigenvalue weighted by Gasteiger charge is 2.48. The Bertz CT molecular complexity index is 435. The third-order valence-corrected chi connectivity index (χ3v) is 6.63. The Morgan fingerprint density at radius 1 is 1.37 bits per heavy atom. The number of carbonyl (C=O) groups is 1. The molecule has 0 radical (unpaired) electrons. The molecular weight excluding hydrogens is 260 g/mol. The van der Waals surface area contributed by atoms with Crippen molar-refractivity contribution in [1.29, 1.82) is 0 Å². The van der Waals surface area contributed by atoms with E-state index in [1.807, 2.05) is 6.92 Å². The number of carbonyl (C=O) groups excluding carboxylic acids is 1. The van der Waals surface area contributed by atoms with E-state index in [0.29, 0.717) is 17.9 Å². The molecule has 3 aliphatic rings. The minimum atomic E-state index is -0.393. The van der Waals surface area contributed by atoms with Crippen LogP contribution in [0.2, 0.25) is 0 Å². The third-order valence-electron chi connectivity index (χ3n) is 5.15. The smallest absolute Gasteiger partial charge is 0.242 e. The normalized spacial score (nSPS) is 47.4. The number of hydrogen-bond acceptors (Lipinski definition) is 4. The number of aliphatic hydroxyl groups excluding tert-OH is 1. The van der Waals surface area contributed by atoms with Crippen LogP contribution < -0.4 is 5.32 Å². The van der Waals surface area contributed by atoms with Gasteiger partial charge in [-0.1, -0.05) is 25.6 Å². The number of aliphatic imine (C=N–C) groups is 1. The van der Waals surface area contributed by atoms with Crippen LogP contribution in [-0.2, 0) is 4.79 Å². The number of nitrogens with one attached hydrogen (secondary N) is 1. The second-order valence-corrected chi connectivity index (χ2v) is 8.05. The second-order valence-electron chi connectivity index (χ2n) is 6.61. The van der Waals surface area contributed by atoms with Crippen LogP contribution in [0, 0.1) is 17.8 Å². The molecule has 0 spiro atoms. The van der Waals surface area contributed by atoms with E-state index in [9.17, 15) is 9.90 Å². The van der Waals surface area contributed by atoms with Crippen molar-refractivity contribution in [1.82, 2.24) is 5.32 Å². The molecule has 2 N–H and O–H groups in total. The van der Waals surface area contributed by atoms with Gasteiger partial charge in [-0.3, -0.25) is 9.79 Å². The molecule has 5 atom stereocenters. The van der Waals surface area contributed by atoms with Crippen LogP contribution in [0.4, 0.5) is 0 Å². The molecule has 3 fully saturated rings. The number of hydrogen-bond donors (Lipinski definition) is 2. The number of amidine groups is 1. The second kappa shape index (κ2) is 4.48. The van der Waals surface area contributed by atoms with Gasteiger partial charge in [0, 0.05) is 0 Å². The zero-order chi connectivity index (χ0) is 13.8. The minimum Gasteiger partial charge on any atom is -0.393 e. The van der Waals surface area contributed by atoms with E-state index in [1.165, 1.54) is 0 Å². The molecule has 0 aromatic heterocycles. The maximum Gasteiger partial charge on any atom is 0.242 e. The summed E-state index contributed by atoms with van der Waals surface area (Å²) in [6.07, 6.45) is 2.84. The van der Waals surface area contributed by atoms with Gasteiger partial charge in [-0.2, -0.15) is 0 Å². The van der Waals surface area contributed by atoms with Crippen molar-refractivity contribution in [3.8, 4) is 0 Å². The summed E-state index contributed by atoms with van der Waals surface area (Å²) in [6, 6.07) is 0.297. The van der Waals surface area contributed by atoms with Crippen molar-refractivity contribution in [3.63, 3.8) is 0 Å². The van der Waals surface area contributed by atoms with E-state index in [2.05, 4.69) is 19.2 Å².